The molecule has 208 valence electrons. The van der Waals surface area contributed by atoms with Crippen molar-refractivity contribution in [2.75, 3.05) is 18.0 Å². The monoisotopic (exact) mass is 560 g/mol. The van der Waals surface area contributed by atoms with Gasteiger partial charge < -0.3 is 4.90 Å². The zero-order valence-corrected chi connectivity index (χ0v) is 23.4. The SMILES string of the molecule is O=C1c2cccc3cccc(c23)C(=O)N1CCCN(C(=O)c1ccc(-c2ccccc2)cc1)c1cccc2ccccc12. The molecule has 5 nitrogen and oxygen atoms in total. The average molecular weight is 561 g/mol. The van der Waals surface area contributed by atoms with Crippen LogP contribution in [0.15, 0.2) is 133 Å². The number of rotatable bonds is 7. The highest BCUT2D eigenvalue weighted by molar-refractivity contribution is 6.25. The number of anilines is 1. The summed E-state index contributed by atoms with van der Waals surface area (Å²) in [7, 11) is 0. The molecule has 5 heteroatoms. The number of carbonyl (C=O) groups excluding carboxylic acids is 3. The van der Waals surface area contributed by atoms with Crippen molar-refractivity contribution in [2.24, 2.45) is 0 Å². The summed E-state index contributed by atoms with van der Waals surface area (Å²) in [6.45, 7) is 0.528. The van der Waals surface area contributed by atoms with Gasteiger partial charge in [-0.05, 0) is 58.7 Å². The second-order valence-electron chi connectivity index (χ2n) is 10.7. The molecule has 1 aliphatic rings. The molecule has 0 aromatic heterocycles. The first-order valence-electron chi connectivity index (χ1n) is 14.4. The second-order valence-corrected chi connectivity index (χ2v) is 10.7. The third-order valence-electron chi connectivity index (χ3n) is 8.16. The van der Waals surface area contributed by atoms with Crippen LogP contribution in [0.5, 0.6) is 0 Å². The lowest BCUT2D eigenvalue weighted by atomic mass is 9.94. The Balaban J connectivity index is 1.18. The normalized spacial score (nSPS) is 12.6. The lowest BCUT2D eigenvalue weighted by Crippen LogP contribution is -2.42. The van der Waals surface area contributed by atoms with E-state index in [1.807, 2.05) is 121 Å². The van der Waals surface area contributed by atoms with Crippen LogP contribution in [0.4, 0.5) is 5.69 Å². The van der Waals surface area contributed by atoms with Gasteiger partial charge in [-0.15, -0.1) is 0 Å². The van der Waals surface area contributed by atoms with Crippen molar-refractivity contribution in [1.29, 1.82) is 0 Å². The van der Waals surface area contributed by atoms with E-state index in [0.717, 1.165) is 33.0 Å². The van der Waals surface area contributed by atoms with E-state index in [-0.39, 0.29) is 24.3 Å². The summed E-state index contributed by atoms with van der Waals surface area (Å²) >= 11 is 0. The molecule has 6 aromatic carbocycles. The summed E-state index contributed by atoms with van der Waals surface area (Å²) in [6, 6.07) is 42.7. The lowest BCUT2D eigenvalue weighted by molar-refractivity contribution is 0.0610. The van der Waals surface area contributed by atoms with Crippen molar-refractivity contribution in [3.05, 3.63) is 150 Å². The highest BCUT2D eigenvalue weighted by Gasteiger charge is 2.32. The van der Waals surface area contributed by atoms with Crippen LogP contribution in [0.3, 0.4) is 0 Å². The Kier molecular flexibility index (Phi) is 6.76. The molecule has 1 aliphatic heterocycles. The molecular formula is C38H28N2O3. The van der Waals surface area contributed by atoms with E-state index in [0.29, 0.717) is 35.0 Å². The first-order valence-corrected chi connectivity index (χ1v) is 14.4. The number of benzene rings is 6. The summed E-state index contributed by atoms with van der Waals surface area (Å²) < 4.78 is 0. The van der Waals surface area contributed by atoms with E-state index < -0.39 is 0 Å². The molecule has 0 radical (unpaired) electrons. The average Bonchev–Trinajstić information content (AvgIpc) is 3.07. The van der Waals surface area contributed by atoms with E-state index in [1.54, 1.807) is 17.0 Å². The van der Waals surface area contributed by atoms with Crippen molar-refractivity contribution in [1.82, 2.24) is 4.90 Å². The maximum Gasteiger partial charge on any atom is 0.261 e. The van der Waals surface area contributed by atoms with Gasteiger partial charge in [0.15, 0.2) is 0 Å². The van der Waals surface area contributed by atoms with Crippen LogP contribution >= 0.6 is 0 Å². The number of nitrogens with zero attached hydrogens (tertiary/aromatic N) is 2. The Morgan fingerprint density at radius 3 is 1.88 bits per heavy atom. The van der Waals surface area contributed by atoms with Crippen LogP contribution in [0.1, 0.15) is 37.5 Å². The molecule has 6 aromatic rings. The molecule has 7 rings (SSSR count). The fourth-order valence-electron chi connectivity index (χ4n) is 6.04. The molecule has 43 heavy (non-hydrogen) atoms. The second kappa shape index (κ2) is 11.0. The minimum absolute atomic E-state index is 0.137. The van der Waals surface area contributed by atoms with Gasteiger partial charge in [0.25, 0.3) is 17.7 Å². The van der Waals surface area contributed by atoms with E-state index in [1.165, 1.54) is 4.90 Å². The maximum absolute atomic E-state index is 14.1. The Labute approximate surface area is 249 Å². The van der Waals surface area contributed by atoms with Gasteiger partial charge in [-0.3, -0.25) is 19.3 Å². The van der Waals surface area contributed by atoms with E-state index in [2.05, 4.69) is 0 Å². The standard InChI is InChI=1S/C38H28N2O3/c41-36(30-22-20-27(21-23-30)26-10-2-1-3-11-26)39(34-19-8-13-28-12-4-5-16-31(28)34)24-9-25-40-37(42)32-17-6-14-29-15-7-18-33(35(29)32)38(40)43/h1-8,10-23H,9,24-25H2. The Morgan fingerprint density at radius 1 is 0.581 bits per heavy atom. The smallest absolute Gasteiger partial charge is 0.261 e. The zero-order valence-electron chi connectivity index (χ0n) is 23.4. The largest absolute Gasteiger partial charge is 0.308 e. The fraction of sp³-hybridized carbons (Fsp3) is 0.0789. The Bertz CT molecular complexity index is 1960. The summed E-state index contributed by atoms with van der Waals surface area (Å²) in [5.74, 6) is -0.731. The topological polar surface area (TPSA) is 57.7 Å². The van der Waals surface area contributed by atoms with Crippen molar-refractivity contribution in [2.45, 2.75) is 6.42 Å². The molecule has 0 unspecified atom stereocenters. The summed E-state index contributed by atoms with van der Waals surface area (Å²) in [4.78, 5) is 44.1. The number of amides is 3. The first-order chi connectivity index (χ1) is 21.1. The maximum atomic E-state index is 14.1. The molecule has 0 saturated carbocycles. The van der Waals surface area contributed by atoms with Crippen LogP contribution in [-0.2, 0) is 0 Å². The van der Waals surface area contributed by atoms with Gasteiger partial charge in [0.1, 0.15) is 0 Å². The number of carbonyl (C=O) groups is 3. The van der Waals surface area contributed by atoms with Gasteiger partial charge in [-0.1, -0.05) is 103 Å². The number of imide groups is 1. The van der Waals surface area contributed by atoms with Crippen LogP contribution in [-0.4, -0.2) is 35.7 Å². The highest BCUT2D eigenvalue weighted by atomic mass is 16.2. The first kappa shape index (κ1) is 26.4. The van der Waals surface area contributed by atoms with Gasteiger partial charge in [0, 0.05) is 40.6 Å². The number of hydrogen-bond donors (Lipinski definition) is 0. The number of fused-ring (bicyclic) bond motifs is 1. The molecular weight excluding hydrogens is 532 g/mol. The van der Waals surface area contributed by atoms with Crippen LogP contribution < -0.4 is 4.90 Å². The summed E-state index contributed by atoms with van der Waals surface area (Å²) in [6.07, 6.45) is 0.423. The highest BCUT2D eigenvalue weighted by Crippen LogP contribution is 2.31. The van der Waals surface area contributed by atoms with Gasteiger partial charge in [0.05, 0.1) is 5.69 Å². The fourth-order valence-corrected chi connectivity index (χ4v) is 6.04. The van der Waals surface area contributed by atoms with E-state index in [9.17, 15) is 14.4 Å². The molecule has 0 atom stereocenters. The third kappa shape index (κ3) is 4.75. The molecule has 0 N–H and O–H groups in total. The van der Waals surface area contributed by atoms with Crippen molar-refractivity contribution >= 4 is 45.0 Å². The Hall–Kier alpha value is -5.55. The molecule has 0 saturated heterocycles. The van der Waals surface area contributed by atoms with E-state index >= 15 is 0 Å². The van der Waals surface area contributed by atoms with E-state index in [4.69, 9.17) is 0 Å². The van der Waals surface area contributed by atoms with Crippen LogP contribution in [0.2, 0.25) is 0 Å². The predicted molar refractivity (Wildman–Crippen MR) is 171 cm³/mol. The predicted octanol–water partition coefficient (Wildman–Crippen LogP) is 7.99. The molecule has 0 fully saturated rings. The zero-order chi connectivity index (χ0) is 29.3. The molecule has 0 aliphatic carbocycles. The van der Waals surface area contributed by atoms with Gasteiger partial charge in [0.2, 0.25) is 0 Å². The quantitative estimate of drug-likeness (QED) is 0.186. The molecule has 0 bridgehead atoms. The summed E-state index contributed by atoms with van der Waals surface area (Å²) in [5.41, 5.74) is 4.55. The minimum atomic E-state index is -0.297. The van der Waals surface area contributed by atoms with Crippen molar-refractivity contribution in [3.63, 3.8) is 0 Å². The third-order valence-corrected chi connectivity index (χ3v) is 8.16. The Morgan fingerprint density at radius 2 is 1.16 bits per heavy atom. The van der Waals surface area contributed by atoms with Crippen LogP contribution in [0.25, 0.3) is 32.7 Å². The van der Waals surface area contributed by atoms with Crippen molar-refractivity contribution < 1.29 is 14.4 Å². The number of hydrogen-bond acceptors (Lipinski definition) is 3. The lowest BCUT2D eigenvalue weighted by Gasteiger charge is -2.29. The molecule has 3 amide bonds. The summed E-state index contributed by atoms with van der Waals surface area (Å²) in [5, 5.41) is 3.58. The van der Waals surface area contributed by atoms with Crippen LogP contribution in [0, 0.1) is 0 Å². The van der Waals surface area contributed by atoms with Gasteiger partial charge in [-0.25, -0.2) is 0 Å². The van der Waals surface area contributed by atoms with Gasteiger partial charge >= 0.3 is 0 Å². The van der Waals surface area contributed by atoms with Gasteiger partial charge in [-0.2, -0.15) is 0 Å². The molecule has 1 heterocycles. The van der Waals surface area contributed by atoms with Crippen molar-refractivity contribution in [3.8, 4) is 11.1 Å². The minimum Gasteiger partial charge on any atom is -0.308 e. The molecule has 0 spiro atoms.